The molecule has 0 atom stereocenters. The Hall–Kier alpha value is -1.84. The largest absolute Gasteiger partial charge is 0.378 e. The molecule has 0 unspecified atom stereocenters. The van der Waals surface area contributed by atoms with E-state index in [0.29, 0.717) is 6.54 Å². The van der Waals surface area contributed by atoms with Crippen LogP contribution in [0.3, 0.4) is 0 Å². The maximum atomic E-state index is 13.2. The molecular weight excluding hydrogens is 217 g/mol. The molecule has 0 saturated heterocycles. The highest BCUT2D eigenvalue weighted by molar-refractivity contribution is 5.46. The summed E-state index contributed by atoms with van der Waals surface area (Å²) in [5.74, 6) is 0.737. The van der Waals surface area contributed by atoms with Crippen LogP contribution in [-0.2, 0) is 13.1 Å². The van der Waals surface area contributed by atoms with Crippen molar-refractivity contribution < 1.29 is 4.39 Å². The number of hydrogen-bond donors (Lipinski definition) is 1. The molecule has 2 rings (SSSR count). The van der Waals surface area contributed by atoms with Crippen molar-refractivity contribution in [2.45, 2.75) is 26.9 Å². The number of halogens is 1. The summed E-state index contributed by atoms with van der Waals surface area (Å²) in [6.07, 6.45) is 3.71. The molecular formula is C13H16FN3. The van der Waals surface area contributed by atoms with Gasteiger partial charge in [0.1, 0.15) is 11.6 Å². The third-order valence-electron chi connectivity index (χ3n) is 2.64. The Bertz CT molecular complexity index is 485. The third-order valence-corrected chi connectivity index (χ3v) is 2.64. The van der Waals surface area contributed by atoms with E-state index in [-0.39, 0.29) is 5.82 Å². The van der Waals surface area contributed by atoms with Gasteiger partial charge in [0.15, 0.2) is 0 Å². The summed E-state index contributed by atoms with van der Waals surface area (Å²) in [6.45, 7) is 5.43. The first kappa shape index (κ1) is 11.6. The summed E-state index contributed by atoms with van der Waals surface area (Å²) in [5.41, 5.74) is 1.69. The van der Waals surface area contributed by atoms with Gasteiger partial charge in [0.05, 0.1) is 6.54 Å². The smallest absolute Gasteiger partial charge is 0.128 e. The van der Waals surface area contributed by atoms with Crippen molar-refractivity contribution in [1.29, 1.82) is 0 Å². The zero-order valence-corrected chi connectivity index (χ0v) is 10.1. The predicted molar refractivity (Wildman–Crippen MR) is 66.4 cm³/mol. The molecule has 17 heavy (non-hydrogen) atoms. The monoisotopic (exact) mass is 233 g/mol. The lowest BCUT2D eigenvalue weighted by molar-refractivity contribution is 0.627. The van der Waals surface area contributed by atoms with Crippen LogP contribution in [0.2, 0.25) is 0 Å². The van der Waals surface area contributed by atoms with Crippen LogP contribution in [0, 0.1) is 12.7 Å². The summed E-state index contributed by atoms with van der Waals surface area (Å²) in [7, 11) is 0. The highest BCUT2D eigenvalue weighted by Crippen LogP contribution is 2.14. The first-order valence-electron chi connectivity index (χ1n) is 5.70. The fraction of sp³-hybridized carbons (Fsp3) is 0.308. The molecule has 90 valence electrons. The van der Waals surface area contributed by atoms with Crippen molar-refractivity contribution in [2.75, 3.05) is 5.32 Å². The standard InChI is InChI=1S/C13H16FN3/c1-3-17-5-4-15-13(17)9-16-12-7-10(2)6-11(14)8-12/h4-8,16H,3,9H2,1-2H3. The minimum absolute atomic E-state index is 0.216. The van der Waals surface area contributed by atoms with Crippen LogP contribution in [0.4, 0.5) is 10.1 Å². The summed E-state index contributed by atoms with van der Waals surface area (Å²) in [5, 5.41) is 3.18. The molecule has 0 bridgehead atoms. The van der Waals surface area contributed by atoms with Crippen molar-refractivity contribution in [3.05, 3.63) is 47.8 Å². The van der Waals surface area contributed by atoms with Gasteiger partial charge in [-0.15, -0.1) is 0 Å². The Morgan fingerprint density at radius 2 is 2.18 bits per heavy atom. The van der Waals surface area contributed by atoms with Crippen LogP contribution in [0.5, 0.6) is 0 Å². The molecule has 0 spiro atoms. The number of aromatic nitrogens is 2. The van der Waals surface area contributed by atoms with Gasteiger partial charge in [0.25, 0.3) is 0 Å². The minimum atomic E-state index is -0.216. The molecule has 0 aliphatic heterocycles. The molecule has 2 aromatic rings. The number of hydrogen-bond acceptors (Lipinski definition) is 2. The van der Waals surface area contributed by atoms with Crippen LogP contribution in [0.1, 0.15) is 18.3 Å². The fourth-order valence-corrected chi connectivity index (χ4v) is 1.81. The molecule has 3 nitrogen and oxygen atoms in total. The average Bonchev–Trinajstić information content (AvgIpc) is 2.72. The second-order valence-electron chi connectivity index (χ2n) is 4.00. The SMILES string of the molecule is CCn1ccnc1CNc1cc(C)cc(F)c1. The number of benzene rings is 1. The van der Waals surface area contributed by atoms with Crippen LogP contribution in [0.25, 0.3) is 0 Å². The highest BCUT2D eigenvalue weighted by Gasteiger charge is 2.02. The lowest BCUT2D eigenvalue weighted by atomic mass is 10.2. The lowest BCUT2D eigenvalue weighted by Gasteiger charge is -2.08. The Balaban J connectivity index is 2.07. The summed E-state index contributed by atoms with van der Waals surface area (Å²) >= 11 is 0. The van der Waals surface area contributed by atoms with Crippen molar-refractivity contribution >= 4 is 5.69 Å². The zero-order valence-electron chi connectivity index (χ0n) is 10.1. The lowest BCUT2D eigenvalue weighted by Crippen LogP contribution is -2.07. The molecule has 0 fully saturated rings. The topological polar surface area (TPSA) is 29.9 Å². The van der Waals surface area contributed by atoms with E-state index in [9.17, 15) is 4.39 Å². The maximum Gasteiger partial charge on any atom is 0.128 e. The third kappa shape index (κ3) is 2.84. The van der Waals surface area contributed by atoms with Crippen LogP contribution < -0.4 is 5.32 Å². The number of aryl methyl sites for hydroxylation is 2. The molecule has 0 aliphatic carbocycles. The quantitative estimate of drug-likeness (QED) is 0.879. The van der Waals surface area contributed by atoms with Crippen LogP contribution in [0.15, 0.2) is 30.6 Å². The number of rotatable bonds is 4. The molecule has 0 saturated carbocycles. The number of imidazole rings is 1. The molecule has 1 aromatic carbocycles. The van der Waals surface area contributed by atoms with Gasteiger partial charge in [-0.3, -0.25) is 0 Å². The van der Waals surface area contributed by atoms with E-state index in [4.69, 9.17) is 0 Å². The molecule has 1 N–H and O–H groups in total. The van der Waals surface area contributed by atoms with Gasteiger partial charge in [0.2, 0.25) is 0 Å². The minimum Gasteiger partial charge on any atom is -0.378 e. The second-order valence-corrected chi connectivity index (χ2v) is 4.00. The van der Waals surface area contributed by atoms with Gasteiger partial charge in [0, 0.05) is 24.6 Å². The molecule has 4 heteroatoms. The summed E-state index contributed by atoms with van der Waals surface area (Å²) in [6, 6.07) is 4.92. The van der Waals surface area contributed by atoms with Crippen LogP contribution in [-0.4, -0.2) is 9.55 Å². The molecule has 1 heterocycles. The number of nitrogens with one attached hydrogen (secondary N) is 1. The first-order chi connectivity index (χ1) is 8.19. The van der Waals surface area contributed by atoms with Crippen molar-refractivity contribution in [2.24, 2.45) is 0 Å². The summed E-state index contributed by atoms with van der Waals surface area (Å²) in [4.78, 5) is 4.25. The van der Waals surface area contributed by atoms with Crippen molar-refractivity contribution in [3.8, 4) is 0 Å². The van der Waals surface area contributed by atoms with E-state index in [1.807, 2.05) is 19.2 Å². The fourth-order valence-electron chi connectivity index (χ4n) is 1.81. The number of anilines is 1. The van der Waals surface area contributed by atoms with E-state index in [1.54, 1.807) is 6.20 Å². The van der Waals surface area contributed by atoms with Gasteiger partial charge in [-0.05, 0) is 37.6 Å². The van der Waals surface area contributed by atoms with Gasteiger partial charge >= 0.3 is 0 Å². The van der Waals surface area contributed by atoms with Gasteiger partial charge in [-0.1, -0.05) is 0 Å². The normalized spacial score (nSPS) is 10.5. The van der Waals surface area contributed by atoms with E-state index in [2.05, 4.69) is 21.8 Å². The predicted octanol–water partition coefficient (Wildman–Crippen LogP) is 2.96. The van der Waals surface area contributed by atoms with E-state index < -0.39 is 0 Å². The summed E-state index contributed by atoms with van der Waals surface area (Å²) < 4.78 is 15.2. The average molecular weight is 233 g/mol. The molecule has 0 amide bonds. The van der Waals surface area contributed by atoms with E-state index in [0.717, 1.165) is 23.6 Å². The van der Waals surface area contributed by atoms with Crippen molar-refractivity contribution in [1.82, 2.24) is 9.55 Å². The first-order valence-corrected chi connectivity index (χ1v) is 5.70. The van der Waals surface area contributed by atoms with E-state index in [1.165, 1.54) is 12.1 Å². The highest BCUT2D eigenvalue weighted by atomic mass is 19.1. The van der Waals surface area contributed by atoms with Gasteiger partial charge < -0.3 is 9.88 Å². The Labute approximate surface area is 100 Å². The second kappa shape index (κ2) is 4.99. The number of nitrogens with zero attached hydrogens (tertiary/aromatic N) is 2. The van der Waals surface area contributed by atoms with Crippen LogP contribution >= 0.6 is 0 Å². The van der Waals surface area contributed by atoms with E-state index >= 15 is 0 Å². The maximum absolute atomic E-state index is 13.2. The molecule has 1 aromatic heterocycles. The molecule has 0 radical (unpaired) electrons. The molecule has 0 aliphatic rings. The zero-order chi connectivity index (χ0) is 12.3. The van der Waals surface area contributed by atoms with Crippen molar-refractivity contribution in [3.63, 3.8) is 0 Å². The Kier molecular flexibility index (Phi) is 3.42. The van der Waals surface area contributed by atoms with Gasteiger partial charge in [-0.25, -0.2) is 9.37 Å². The Morgan fingerprint density at radius 3 is 2.88 bits per heavy atom. The Morgan fingerprint density at radius 1 is 1.35 bits per heavy atom. The van der Waals surface area contributed by atoms with Gasteiger partial charge in [-0.2, -0.15) is 0 Å².